The summed E-state index contributed by atoms with van der Waals surface area (Å²) in [6, 6.07) is 8.59. The Hall–Kier alpha value is -2.30. The Morgan fingerprint density at radius 3 is 2.35 bits per heavy atom. The Bertz CT molecular complexity index is 588. The van der Waals surface area contributed by atoms with Crippen molar-refractivity contribution in [1.29, 1.82) is 0 Å². The van der Waals surface area contributed by atoms with Crippen LogP contribution in [0.25, 0.3) is 0 Å². The Morgan fingerprint density at radius 2 is 1.75 bits per heavy atom. The molecular formula is C15H18N4O. The molecular weight excluding hydrogens is 252 g/mol. The van der Waals surface area contributed by atoms with Gasteiger partial charge in [0.05, 0.1) is 7.11 Å². The Kier molecular flexibility index (Phi) is 3.41. The quantitative estimate of drug-likeness (QED) is 0.899. The van der Waals surface area contributed by atoms with E-state index in [1.807, 2.05) is 0 Å². The minimum atomic E-state index is 0.388. The molecule has 1 aromatic heterocycles. The molecule has 104 valence electrons. The highest BCUT2D eigenvalue weighted by Gasteiger charge is 2.19. The second-order valence-electron chi connectivity index (χ2n) is 4.87. The average molecular weight is 270 g/mol. The molecule has 1 aliphatic rings. The Balaban J connectivity index is 1.89. The van der Waals surface area contributed by atoms with E-state index in [9.17, 15) is 0 Å². The van der Waals surface area contributed by atoms with Gasteiger partial charge in [-0.25, -0.2) is 9.97 Å². The summed E-state index contributed by atoms with van der Waals surface area (Å²) in [5.74, 6) is 1.74. The van der Waals surface area contributed by atoms with Gasteiger partial charge in [0.25, 0.3) is 0 Å². The Morgan fingerprint density at radius 1 is 1.10 bits per heavy atom. The molecule has 0 fully saturated rings. The van der Waals surface area contributed by atoms with Gasteiger partial charge >= 0.3 is 0 Å². The lowest BCUT2D eigenvalue weighted by atomic mass is 10.0. The first-order valence-corrected chi connectivity index (χ1v) is 6.76. The fourth-order valence-electron chi connectivity index (χ4n) is 2.68. The molecule has 2 N–H and O–H groups in total. The lowest BCUT2D eigenvalue weighted by Crippen LogP contribution is -2.27. The molecule has 20 heavy (non-hydrogen) atoms. The summed E-state index contributed by atoms with van der Waals surface area (Å²) in [5, 5.41) is 0. The molecule has 0 aliphatic carbocycles. The van der Waals surface area contributed by atoms with E-state index in [4.69, 9.17) is 10.5 Å². The lowest BCUT2D eigenvalue weighted by molar-refractivity contribution is 0.412. The van der Waals surface area contributed by atoms with Crippen molar-refractivity contribution in [3.05, 3.63) is 41.7 Å². The number of hydrogen-bond donors (Lipinski definition) is 1. The van der Waals surface area contributed by atoms with Crippen LogP contribution >= 0.6 is 0 Å². The van der Waals surface area contributed by atoms with Crippen molar-refractivity contribution in [2.24, 2.45) is 0 Å². The highest BCUT2D eigenvalue weighted by atomic mass is 16.5. The standard InChI is InChI=1S/C15H18N4O/c1-20-13-14(16)17-10-18-15(13)19-8-6-11-4-2-3-5-12(11)7-9-19/h2-5,10H,6-9H2,1H3,(H2,16,17,18). The molecule has 0 atom stereocenters. The molecule has 5 nitrogen and oxygen atoms in total. The minimum absolute atomic E-state index is 0.388. The molecule has 0 unspecified atom stereocenters. The molecule has 3 rings (SSSR count). The van der Waals surface area contributed by atoms with E-state index in [0.717, 1.165) is 31.7 Å². The number of rotatable bonds is 2. The number of nitrogens with zero attached hydrogens (tertiary/aromatic N) is 3. The van der Waals surface area contributed by atoms with E-state index in [1.165, 1.54) is 17.5 Å². The number of methoxy groups -OCH3 is 1. The fraction of sp³-hybridized carbons (Fsp3) is 0.333. The van der Waals surface area contributed by atoms with Gasteiger partial charge in [-0.1, -0.05) is 24.3 Å². The summed E-state index contributed by atoms with van der Waals surface area (Å²) < 4.78 is 5.36. The average Bonchev–Trinajstić information content (AvgIpc) is 2.69. The van der Waals surface area contributed by atoms with E-state index in [-0.39, 0.29) is 0 Å². The summed E-state index contributed by atoms with van der Waals surface area (Å²) >= 11 is 0. The largest absolute Gasteiger partial charge is 0.490 e. The number of ether oxygens (including phenoxy) is 1. The summed E-state index contributed by atoms with van der Waals surface area (Å²) in [6.07, 6.45) is 3.50. The van der Waals surface area contributed by atoms with Gasteiger partial charge in [-0.05, 0) is 24.0 Å². The fourth-order valence-corrected chi connectivity index (χ4v) is 2.68. The number of anilines is 2. The number of hydrogen-bond acceptors (Lipinski definition) is 5. The number of fused-ring (bicyclic) bond motifs is 1. The van der Waals surface area contributed by atoms with Crippen molar-refractivity contribution in [3.63, 3.8) is 0 Å². The van der Waals surface area contributed by atoms with Crippen molar-refractivity contribution in [2.75, 3.05) is 30.8 Å². The van der Waals surface area contributed by atoms with E-state index >= 15 is 0 Å². The van der Waals surface area contributed by atoms with E-state index in [1.54, 1.807) is 7.11 Å². The van der Waals surface area contributed by atoms with E-state index in [2.05, 4.69) is 39.1 Å². The number of benzene rings is 1. The van der Waals surface area contributed by atoms with Crippen molar-refractivity contribution < 1.29 is 4.74 Å². The molecule has 0 spiro atoms. The summed E-state index contributed by atoms with van der Waals surface area (Å²) in [4.78, 5) is 10.6. The smallest absolute Gasteiger partial charge is 0.204 e. The van der Waals surface area contributed by atoms with Crippen molar-refractivity contribution in [1.82, 2.24) is 9.97 Å². The maximum Gasteiger partial charge on any atom is 0.204 e. The van der Waals surface area contributed by atoms with Gasteiger partial charge < -0.3 is 15.4 Å². The van der Waals surface area contributed by atoms with Crippen LogP contribution in [-0.2, 0) is 12.8 Å². The SMILES string of the molecule is COc1c(N)ncnc1N1CCc2ccccc2CC1. The van der Waals surface area contributed by atoms with Gasteiger partial charge in [0.2, 0.25) is 5.75 Å². The molecule has 1 aliphatic heterocycles. The maximum atomic E-state index is 5.86. The highest BCUT2D eigenvalue weighted by molar-refractivity contribution is 5.63. The molecule has 0 bridgehead atoms. The molecule has 0 radical (unpaired) electrons. The zero-order valence-electron chi connectivity index (χ0n) is 11.5. The molecule has 0 saturated carbocycles. The zero-order valence-corrected chi connectivity index (χ0v) is 11.5. The molecule has 1 aromatic carbocycles. The summed E-state index contributed by atoms with van der Waals surface area (Å²) in [7, 11) is 1.60. The predicted molar refractivity (Wildman–Crippen MR) is 79.1 cm³/mol. The molecule has 0 amide bonds. The van der Waals surface area contributed by atoms with Crippen LogP contribution < -0.4 is 15.4 Å². The number of nitrogen functional groups attached to an aromatic ring is 1. The monoisotopic (exact) mass is 270 g/mol. The lowest BCUT2D eigenvalue weighted by Gasteiger charge is -2.23. The normalized spacial score (nSPS) is 14.6. The van der Waals surface area contributed by atoms with Crippen LogP contribution in [0.1, 0.15) is 11.1 Å². The first-order chi connectivity index (χ1) is 9.79. The minimum Gasteiger partial charge on any atom is -0.490 e. The third-order valence-corrected chi connectivity index (χ3v) is 3.74. The van der Waals surface area contributed by atoms with E-state index in [0.29, 0.717) is 11.6 Å². The molecule has 5 heteroatoms. The predicted octanol–water partition coefficient (Wildman–Crippen LogP) is 1.67. The van der Waals surface area contributed by atoms with Gasteiger partial charge in [-0.15, -0.1) is 0 Å². The third-order valence-electron chi connectivity index (χ3n) is 3.74. The van der Waals surface area contributed by atoms with Crippen molar-refractivity contribution in [2.45, 2.75) is 12.8 Å². The van der Waals surface area contributed by atoms with Gasteiger partial charge in [0, 0.05) is 13.1 Å². The van der Waals surface area contributed by atoms with Crippen LogP contribution in [0.3, 0.4) is 0 Å². The van der Waals surface area contributed by atoms with Gasteiger partial charge in [-0.2, -0.15) is 0 Å². The second kappa shape index (κ2) is 5.36. The topological polar surface area (TPSA) is 64.3 Å². The first-order valence-electron chi connectivity index (χ1n) is 6.76. The van der Waals surface area contributed by atoms with Crippen molar-refractivity contribution in [3.8, 4) is 5.75 Å². The third kappa shape index (κ3) is 2.27. The van der Waals surface area contributed by atoms with Crippen molar-refractivity contribution >= 4 is 11.6 Å². The van der Waals surface area contributed by atoms with Gasteiger partial charge in [0.15, 0.2) is 11.6 Å². The second-order valence-corrected chi connectivity index (χ2v) is 4.87. The highest BCUT2D eigenvalue weighted by Crippen LogP contribution is 2.31. The Labute approximate surface area is 118 Å². The molecule has 2 heterocycles. The molecule has 2 aromatic rings. The van der Waals surface area contributed by atoms with Crippen LogP contribution in [0.4, 0.5) is 11.6 Å². The van der Waals surface area contributed by atoms with E-state index < -0.39 is 0 Å². The van der Waals surface area contributed by atoms with Gasteiger partial charge in [-0.3, -0.25) is 0 Å². The van der Waals surface area contributed by atoms with Gasteiger partial charge in [0.1, 0.15) is 6.33 Å². The zero-order chi connectivity index (χ0) is 13.9. The van der Waals surface area contributed by atoms with Crippen LogP contribution in [0.15, 0.2) is 30.6 Å². The number of aromatic nitrogens is 2. The summed E-state index contributed by atoms with van der Waals surface area (Å²) in [5.41, 5.74) is 8.68. The number of nitrogens with two attached hydrogens (primary N) is 1. The van der Waals surface area contributed by atoms with Crippen LogP contribution in [0.2, 0.25) is 0 Å². The van der Waals surface area contributed by atoms with Crippen LogP contribution in [-0.4, -0.2) is 30.2 Å². The maximum absolute atomic E-state index is 5.86. The van der Waals surface area contributed by atoms with Crippen LogP contribution in [0.5, 0.6) is 5.75 Å². The van der Waals surface area contributed by atoms with Crippen LogP contribution in [0, 0.1) is 0 Å². The first kappa shape index (κ1) is 12.7. The summed E-state index contributed by atoms with van der Waals surface area (Å²) in [6.45, 7) is 1.81. The molecule has 0 saturated heterocycles.